The maximum absolute atomic E-state index is 13.4. The lowest BCUT2D eigenvalue weighted by atomic mass is 9.86. The van der Waals surface area contributed by atoms with E-state index in [1.807, 2.05) is 18.2 Å². The summed E-state index contributed by atoms with van der Waals surface area (Å²) in [6.07, 6.45) is 5.40. The first-order valence-corrected chi connectivity index (χ1v) is 12.4. The molecule has 0 saturated heterocycles. The highest BCUT2D eigenvalue weighted by Crippen LogP contribution is 2.37. The Bertz CT molecular complexity index is 1160. The van der Waals surface area contributed by atoms with Crippen LogP contribution in [0.1, 0.15) is 50.8 Å². The smallest absolute Gasteiger partial charge is 0.248 e. The lowest BCUT2D eigenvalue weighted by Crippen LogP contribution is -2.31. The maximum Gasteiger partial charge on any atom is 0.248 e. The van der Waals surface area contributed by atoms with Gasteiger partial charge in [0, 0.05) is 36.7 Å². The number of aliphatic hydroxyl groups excluding tert-OH is 1. The molecule has 34 heavy (non-hydrogen) atoms. The van der Waals surface area contributed by atoms with E-state index in [1.165, 1.54) is 11.3 Å². The summed E-state index contributed by atoms with van der Waals surface area (Å²) >= 11 is 1.35. The predicted molar refractivity (Wildman–Crippen MR) is 125 cm³/mol. The van der Waals surface area contributed by atoms with Crippen LogP contribution in [0.25, 0.3) is 21.3 Å². The molecule has 1 amide bonds. The van der Waals surface area contributed by atoms with Gasteiger partial charge >= 0.3 is 0 Å². The minimum absolute atomic E-state index is 0.147. The van der Waals surface area contributed by atoms with Gasteiger partial charge in [-0.3, -0.25) is 4.79 Å². The van der Waals surface area contributed by atoms with Crippen molar-refractivity contribution in [1.82, 2.24) is 15.0 Å². The Morgan fingerprint density at radius 3 is 2.62 bits per heavy atom. The van der Waals surface area contributed by atoms with Crippen molar-refractivity contribution >= 4 is 32.6 Å². The van der Waals surface area contributed by atoms with Gasteiger partial charge in [0.2, 0.25) is 11.8 Å². The molecule has 0 unspecified atom stereocenters. The number of carbonyl (C=O) groups excluding carboxylic acids is 1. The van der Waals surface area contributed by atoms with E-state index in [0.717, 1.165) is 40.6 Å². The van der Waals surface area contributed by atoms with E-state index in [1.54, 1.807) is 12.4 Å². The van der Waals surface area contributed by atoms with Crippen LogP contribution in [0.15, 0.2) is 30.6 Å². The summed E-state index contributed by atoms with van der Waals surface area (Å²) in [7, 11) is 0. The van der Waals surface area contributed by atoms with E-state index in [2.05, 4.69) is 20.3 Å². The van der Waals surface area contributed by atoms with Crippen LogP contribution in [-0.2, 0) is 16.1 Å². The summed E-state index contributed by atoms with van der Waals surface area (Å²) in [6, 6.07) is 5.75. The Morgan fingerprint density at radius 2 is 1.91 bits per heavy atom. The SMILES string of the molecule is O=C(Nc1nc2ccc(-c3cnc(CO[C@H]4CCC[C@@H]4O)nc3)cc2s1)C1CCC(F)(F)CC1. The third kappa shape index (κ3) is 5.24. The van der Waals surface area contributed by atoms with Crippen molar-refractivity contribution in [3.8, 4) is 11.1 Å². The Kier molecular flexibility index (Phi) is 6.54. The number of anilines is 1. The molecule has 10 heteroatoms. The molecule has 2 aliphatic rings. The zero-order chi connectivity index (χ0) is 23.7. The van der Waals surface area contributed by atoms with Gasteiger partial charge in [0.25, 0.3) is 0 Å². The van der Waals surface area contributed by atoms with E-state index in [-0.39, 0.29) is 44.3 Å². The second kappa shape index (κ2) is 9.59. The predicted octanol–water partition coefficient (Wildman–Crippen LogP) is 4.95. The van der Waals surface area contributed by atoms with Crippen LogP contribution < -0.4 is 5.32 Å². The molecular formula is C24H26F2N4O3S. The first-order valence-electron chi connectivity index (χ1n) is 11.6. The number of aliphatic hydroxyl groups is 1. The molecule has 2 atom stereocenters. The van der Waals surface area contributed by atoms with Gasteiger partial charge in [0.15, 0.2) is 11.0 Å². The average molecular weight is 489 g/mol. The molecule has 0 aliphatic heterocycles. The monoisotopic (exact) mass is 488 g/mol. The molecule has 0 bridgehead atoms. The zero-order valence-electron chi connectivity index (χ0n) is 18.5. The molecule has 5 rings (SSSR count). The Morgan fingerprint density at radius 1 is 1.15 bits per heavy atom. The molecule has 2 aromatic heterocycles. The topological polar surface area (TPSA) is 97.2 Å². The summed E-state index contributed by atoms with van der Waals surface area (Å²) in [5, 5.41) is 13.1. The van der Waals surface area contributed by atoms with Crippen molar-refractivity contribution in [2.24, 2.45) is 5.92 Å². The van der Waals surface area contributed by atoms with E-state index < -0.39 is 17.9 Å². The van der Waals surface area contributed by atoms with E-state index in [0.29, 0.717) is 11.0 Å². The van der Waals surface area contributed by atoms with Crippen molar-refractivity contribution in [3.63, 3.8) is 0 Å². The standard InChI is InChI=1S/C24H26F2N4O3S/c25-24(26)8-6-14(7-9-24)22(32)30-23-29-17-5-4-15(10-20(17)34-23)16-11-27-21(28-12-16)13-33-19-3-1-2-18(19)31/h4-5,10-12,14,18-19,31H,1-3,6-9,13H2,(H,29,30,32)/t18-,19-/m0/s1. The minimum Gasteiger partial charge on any atom is -0.390 e. The lowest BCUT2D eigenvalue weighted by molar-refractivity contribution is -0.124. The van der Waals surface area contributed by atoms with Gasteiger partial charge in [-0.15, -0.1) is 0 Å². The molecule has 2 heterocycles. The zero-order valence-corrected chi connectivity index (χ0v) is 19.4. The average Bonchev–Trinajstić information content (AvgIpc) is 3.42. The van der Waals surface area contributed by atoms with Gasteiger partial charge in [0.05, 0.1) is 22.4 Å². The van der Waals surface area contributed by atoms with E-state index >= 15 is 0 Å². The lowest BCUT2D eigenvalue weighted by Gasteiger charge is -2.26. The molecule has 0 radical (unpaired) electrons. The minimum atomic E-state index is -2.66. The molecule has 2 N–H and O–H groups in total. The second-order valence-electron chi connectivity index (χ2n) is 9.06. The van der Waals surface area contributed by atoms with Gasteiger partial charge < -0.3 is 15.2 Å². The fourth-order valence-corrected chi connectivity index (χ4v) is 5.44. The summed E-state index contributed by atoms with van der Waals surface area (Å²) in [5.41, 5.74) is 2.51. The van der Waals surface area contributed by atoms with Crippen molar-refractivity contribution in [2.75, 3.05) is 5.32 Å². The van der Waals surface area contributed by atoms with Crippen molar-refractivity contribution in [2.45, 2.75) is 69.7 Å². The van der Waals surface area contributed by atoms with Crippen LogP contribution in [0.3, 0.4) is 0 Å². The highest BCUT2D eigenvalue weighted by atomic mass is 32.1. The number of aromatic nitrogens is 3. The fourth-order valence-electron chi connectivity index (χ4n) is 4.53. The largest absolute Gasteiger partial charge is 0.390 e. The molecule has 3 aromatic rings. The first kappa shape index (κ1) is 23.2. The molecule has 1 aromatic carbocycles. The van der Waals surface area contributed by atoms with Gasteiger partial charge in [0.1, 0.15) is 6.61 Å². The van der Waals surface area contributed by atoms with Crippen LogP contribution in [0.5, 0.6) is 0 Å². The Hall–Kier alpha value is -2.56. The number of ether oxygens (including phenoxy) is 1. The van der Waals surface area contributed by atoms with Gasteiger partial charge in [-0.25, -0.2) is 23.7 Å². The number of benzene rings is 1. The number of nitrogens with one attached hydrogen (secondary N) is 1. The number of hydrogen-bond donors (Lipinski definition) is 2. The van der Waals surface area contributed by atoms with Gasteiger partial charge in [-0.05, 0) is 49.8 Å². The number of thiazole rings is 1. The van der Waals surface area contributed by atoms with Crippen molar-refractivity contribution in [1.29, 1.82) is 0 Å². The molecule has 2 fully saturated rings. The van der Waals surface area contributed by atoms with Crippen LogP contribution in [0.2, 0.25) is 0 Å². The molecule has 7 nitrogen and oxygen atoms in total. The van der Waals surface area contributed by atoms with Crippen LogP contribution in [-0.4, -0.2) is 44.1 Å². The quantitative estimate of drug-likeness (QED) is 0.510. The summed E-state index contributed by atoms with van der Waals surface area (Å²) in [5.74, 6) is -2.74. The highest BCUT2D eigenvalue weighted by Gasteiger charge is 2.37. The number of hydrogen-bond acceptors (Lipinski definition) is 7. The third-order valence-electron chi connectivity index (χ3n) is 6.59. The normalized spacial score (nSPS) is 22.8. The van der Waals surface area contributed by atoms with Crippen LogP contribution >= 0.6 is 11.3 Å². The van der Waals surface area contributed by atoms with Crippen molar-refractivity contribution < 1.29 is 23.4 Å². The highest BCUT2D eigenvalue weighted by molar-refractivity contribution is 7.22. The summed E-state index contributed by atoms with van der Waals surface area (Å²) in [6.45, 7) is 0.261. The third-order valence-corrected chi connectivity index (χ3v) is 7.52. The molecule has 2 saturated carbocycles. The van der Waals surface area contributed by atoms with Gasteiger partial charge in [-0.2, -0.15) is 0 Å². The molecule has 0 spiro atoms. The molecule has 2 aliphatic carbocycles. The second-order valence-corrected chi connectivity index (χ2v) is 10.1. The number of fused-ring (bicyclic) bond motifs is 1. The molecular weight excluding hydrogens is 462 g/mol. The number of carbonyl (C=O) groups is 1. The summed E-state index contributed by atoms with van der Waals surface area (Å²) < 4.78 is 33.3. The number of halogens is 2. The van der Waals surface area contributed by atoms with Gasteiger partial charge in [-0.1, -0.05) is 17.4 Å². The number of amides is 1. The first-order chi connectivity index (χ1) is 16.4. The number of nitrogens with zero attached hydrogens (tertiary/aromatic N) is 3. The maximum atomic E-state index is 13.4. The van der Waals surface area contributed by atoms with E-state index in [9.17, 15) is 18.7 Å². The van der Waals surface area contributed by atoms with Crippen LogP contribution in [0.4, 0.5) is 13.9 Å². The van der Waals surface area contributed by atoms with Crippen LogP contribution in [0, 0.1) is 5.92 Å². The Balaban J connectivity index is 1.22. The number of alkyl halides is 2. The fraction of sp³-hybridized carbons (Fsp3) is 0.500. The van der Waals surface area contributed by atoms with E-state index in [4.69, 9.17) is 4.74 Å². The summed E-state index contributed by atoms with van der Waals surface area (Å²) in [4.78, 5) is 25.7. The Labute approximate surface area is 199 Å². The molecule has 180 valence electrons. The van der Waals surface area contributed by atoms with Crippen molar-refractivity contribution in [3.05, 3.63) is 36.4 Å². The number of rotatable bonds is 6.